The molecule has 1 atom stereocenters. The Bertz CT molecular complexity index is 930. The lowest BCUT2D eigenvalue weighted by Crippen LogP contribution is -2.47. The molecule has 1 aliphatic heterocycles. The van der Waals surface area contributed by atoms with Gasteiger partial charge in [0.1, 0.15) is 0 Å². The molecule has 27 heavy (non-hydrogen) atoms. The molecule has 1 saturated heterocycles. The average molecular weight is 384 g/mol. The average Bonchev–Trinajstić information content (AvgIpc) is 3.35. The van der Waals surface area contributed by atoms with Crippen molar-refractivity contribution in [3.8, 4) is 0 Å². The first-order valence-electron chi connectivity index (χ1n) is 9.37. The number of piperidine rings is 1. The highest BCUT2D eigenvalue weighted by Gasteiger charge is 2.22. The second-order valence-corrected chi connectivity index (χ2v) is 8.07. The van der Waals surface area contributed by atoms with Crippen molar-refractivity contribution in [1.82, 2.24) is 19.4 Å². The Morgan fingerprint density at radius 2 is 2.22 bits per heavy atom. The molecule has 0 bridgehead atoms. The van der Waals surface area contributed by atoms with E-state index in [9.17, 15) is 4.79 Å². The first-order chi connectivity index (χ1) is 13.2. The van der Waals surface area contributed by atoms with Gasteiger partial charge >= 0.3 is 0 Å². The molecule has 1 N–H and O–H groups in total. The molecule has 1 unspecified atom stereocenters. The summed E-state index contributed by atoms with van der Waals surface area (Å²) in [5.74, 6) is 0.563. The van der Waals surface area contributed by atoms with Gasteiger partial charge in [-0.3, -0.25) is 4.79 Å². The molecule has 0 saturated carbocycles. The molecule has 142 valence electrons. The van der Waals surface area contributed by atoms with Gasteiger partial charge in [0, 0.05) is 61.9 Å². The zero-order chi connectivity index (χ0) is 18.6. The first-order valence-corrected chi connectivity index (χ1v) is 10.2. The van der Waals surface area contributed by atoms with Crippen LogP contribution in [0.1, 0.15) is 23.4 Å². The van der Waals surface area contributed by atoms with E-state index in [0.29, 0.717) is 11.9 Å². The number of aryl methyl sites for hydroxylation is 1. The number of hydrogen-bond acceptors (Lipinski definition) is 5. The van der Waals surface area contributed by atoms with Gasteiger partial charge in [0.15, 0.2) is 5.82 Å². The molecule has 1 fully saturated rings. The SMILES string of the molecule is Cn1ccnc(N2CCCC(NCc3cccn3Cc3cccs3)C2)c1=O. The van der Waals surface area contributed by atoms with E-state index in [1.165, 1.54) is 10.6 Å². The summed E-state index contributed by atoms with van der Waals surface area (Å²) in [6, 6.07) is 8.91. The third-order valence-corrected chi connectivity index (χ3v) is 5.98. The first kappa shape index (κ1) is 18.0. The predicted molar refractivity (Wildman–Crippen MR) is 109 cm³/mol. The number of anilines is 1. The van der Waals surface area contributed by atoms with Gasteiger partial charge in [0.2, 0.25) is 0 Å². The minimum atomic E-state index is -0.0250. The molecular formula is C20H25N5OS. The summed E-state index contributed by atoms with van der Waals surface area (Å²) < 4.78 is 3.89. The van der Waals surface area contributed by atoms with E-state index in [0.717, 1.165) is 39.0 Å². The topological polar surface area (TPSA) is 55.1 Å². The monoisotopic (exact) mass is 383 g/mol. The van der Waals surface area contributed by atoms with Crippen LogP contribution in [0.5, 0.6) is 0 Å². The van der Waals surface area contributed by atoms with Crippen molar-refractivity contribution in [2.45, 2.75) is 32.0 Å². The van der Waals surface area contributed by atoms with Crippen molar-refractivity contribution >= 4 is 17.2 Å². The highest BCUT2D eigenvalue weighted by Crippen LogP contribution is 2.16. The van der Waals surface area contributed by atoms with Crippen molar-refractivity contribution < 1.29 is 0 Å². The van der Waals surface area contributed by atoms with E-state index >= 15 is 0 Å². The van der Waals surface area contributed by atoms with Crippen LogP contribution >= 0.6 is 11.3 Å². The van der Waals surface area contributed by atoms with Crippen LogP contribution < -0.4 is 15.8 Å². The number of rotatable bonds is 6. The van der Waals surface area contributed by atoms with Crippen LogP contribution in [0.25, 0.3) is 0 Å². The van der Waals surface area contributed by atoms with Gasteiger partial charge in [0.25, 0.3) is 5.56 Å². The third-order valence-electron chi connectivity index (χ3n) is 5.12. The van der Waals surface area contributed by atoms with Crippen molar-refractivity contribution in [2.75, 3.05) is 18.0 Å². The molecule has 4 rings (SSSR count). The molecule has 0 aromatic carbocycles. The maximum absolute atomic E-state index is 12.4. The summed E-state index contributed by atoms with van der Waals surface area (Å²) in [6.45, 7) is 3.45. The van der Waals surface area contributed by atoms with E-state index < -0.39 is 0 Å². The van der Waals surface area contributed by atoms with E-state index in [1.807, 2.05) is 0 Å². The van der Waals surface area contributed by atoms with E-state index in [1.54, 1.807) is 35.3 Å². The Morgan fingerprint density at radius 3 is 3.07 bits per heavy atom. The maximum atomic E-state index is 12.4. The van der Waals surface area contributed by atoms with Crippen LogP contribution in [0.15, 0.2) is 53.0 Å². The molecule has 0 spiro atoms. The maximum Gasteiger partial charge on any atom is 0.293 e. The van der Waals surface area contributed by atoms with E-state index in [4.69, 9.17) is 0 Å². The third kappa shape index (κ3) is 4.14. The predicted octanol–water partition coefficient (Wildman–Crippen LogP) is 2.45. The Labute approximate surface area is 163 Å². The summed E-state index contributed by atoms with van der Waals surface area (Å²) in [5, 5.41) is 5.80. The van der Waals surface area contributed by atoms with E-state index in [2.05, 4.69) is 55.6 Å². The van der Waals surface area contributed by atoms with Crippen LogP contribution in [0.4, 0.5) is 5.82 Å². The number of aromatic nitrogens is 3. The van der Waals surface area contributed by atoms with Crippen molar-refractivity contribution in [1.29, 1.82) is 0 Å². The van der Waals surface area contributed by atoms with Crippen molar-refractivity contribution in [2.24, 2.45) is 7.05 Å². The van der Waals surface area contributed by atoms with Crippen LogP contribution in [0.2, 0.25) is 0 Å². The van der Waals surface area contributed by atoms with Crippen molar-refractivity contribution in [3.05, 3.63) is 69.2 Å². The number of nitrogens with one attached hydrogen (secondary N) is 1. The molecule has 3 aromatic heterocycles. The lowest BCUT2D eigenvalue weighted by molar-refractivity contribution is 0.414. The van der Waals surface area contributed by atoms with Crippen molar-refractivity contribution in [3.63, 3.8) is 0 Å². The standard InChI is InChI=1S/C20H25N5OS/c1-23-11-8-21-19(20(23)26)25-10-2-5-16(14-25)22-13-17-6-3-9-24(17)15-18-7-4-12-27-18/h3-4,6-9,11-12,16,22H,2,5,10,13-15H2,1H3. The molecule has 6 nitrogen and oxygen atoms in total. The smallest absolute Gasteiger partial charge is 0.293 e. The summed E-state index contributed by atoms with van der Waals surface area (Å²) in [5.41, 5.74) is 1.26. The fourth-order valence-corrected chi connectivity index (χ4v) is 4.32. The minimum absolute atomic E-state index is 0.0250. The fourth-order valence-electron chi connectivity index (χ4n) is 3.62. The zero-order valence-corrected chi connectivity index (χ0v) is 16.4. The summed E-state index contributed by atoms with van der Waals surface area (Å²) in [7, 11) is 1.77. The molecule has 1 aliphatic rings. The molecular weight excluding hydrogens is 358 g/mol. The molecule has 0 radical (unpaired) electrons. The second kappa shape index (κ2) is 8.10. The molecule has 0 amide bonds. The summed E-state index contributed by atoms with van der Waals surface area (Å²) in [4.78, 5) is 20.2. The van der Waals surface area contributed by atoms with Gasteiger partial charge in [-0.15, -0.1) is 11.3 Å². The van der Waals surface area contributed by atoms with Gasteiger partial charge in [0.05, 0.1) is 6.54 Å². The summed E-state index contributed by atoms with van der Waals surface area (Å²) in [6.07, 6.45) is 7.73. The van der Waals surface area contributed by atoms with Crippen LogP contribution in [-0.4, -0.2) is 33.2 Å². The molecule has 4 heterocycles. The highest BCUT2D eigenvalue weighted by atomic mass is 32.1. The highest BCUT2D eigenvalue weighted by molar-refractivity contribution is 7.09. The Balaban J connectivity index is 1.38. The summed E-state index contributed by atoms with van der Waals surface area (Å²) >= 11 is 1.79. The van der Waals surface area contributed by atoms with Crippen LogP contribution in [-0.2, 0) is 20.1 Å². The van der Waals surface area contributed by atoms with Crippen LogP contribution in [0, 0.1) is 0 Å². The normalized spacial score (nSPS) is 17.4. The molecule has 7 heteroatoms. The lowest BCUT2D eigenvalue weighted by Gasteiger charge is -2.33. The Hall–Kier alpha value is -2.38. The van der Waals surface area contributed by atoms with Gasteiger partial charge in [-0.05, 0) is 36.4 Å². The minimum Gasteiger partial charge on any atom is -0.350 e. The zero-order valence-electron chi connectivity index (χ0n) is 15.5. The fraction of sp³-hybridized carbons (Fsp3) is 0.400. The molecule has 3 aromatic rings. The number of hydrogen-bond donors (Lipinski definition) is 1. The van der Waals surface area contributed by atoms with Crippen LogP contribution in [0.3, 0.4) is 0 Å². The largest absolute Gasteiger partial charge is 0.350 e. The van der Waals surface area contributed by atoms with Gasteiger partial charge in [-0.2, -0.15) is 0 Å². The number of thiophene rings is 1. The Kier molecular flexibility index (Phi) is 5.40. The van der Waals surface area contributed by atoms with Gasteiger partial charge in [-0.25, -0.2) is 4.98 Å². The Morgan fingerprint density at radius 1 is 1.30 bits per heavy atom. The van der Waals surface area contributed by atoms with Gasteiger partial charge in [-0.1, -0.05) is 6.07 Å². The van der Waals surface area contributed by atoms with Gasteiger partial charge < -0.3 is 19.4 Å². The second-order valence-electron chi connectivity index (χ2n) is 7.04. The van der Waals surface area contributed by atoms with E-state index in [-0.39, 0.29) is 5.56 Å². The number of nitrogens with zero attached hydrogens (tertiary/aromatic N) is 4. The quantitative estimate of drug-likeness (QED) is 0.710. The lowest BCUT2D eigenvalue weighted by atomic mass is 10.1. The molecule has 0 aliphatic carbocycles.